The molecule has 96 valence electrons. The van der Waals surface area contributed by atoms with Gasteiger partial charge in [0.05, 0.1) is 12.5 Å². The van der Waals surface area contributed by atoms with Crippen LogP contribution in [0.2, 0.25) is 0 Å². The first-order valence-electron chi connectivity index (χ1n) is 6.43. The average Bonchev–Trinajstić information content (AvgIpc) is 2.74. The second-order valence-corrected chi connectivity index (χ2v) is 6.30. The van der Waals surface area contributed by atoms with Crippen LogP contribution in [0.25, 0.3) is 0 Å². The Morgan fingerprint density at radius 3 is 2.59 bits per heavy atom. The lowest BCUT2D eigenvalue weighted by molar-refractivity contribution is -0.158. The van der Waals surface area contributed by atoms with E-state index in [2.05, 4.69) is 12.2 Å². The van der Waals surface area contributed by atoms with E-state index in [1.807, 2.05) is 20.8 Å². The number of hydrogen-bond acceptors (Lipinski definition) is 3. The van der Waals surface area contributed by atoms with Crippen LogP contribution in [-0.2, 0) is 9.53 Å². The number of carbonyl (C=O) groups excluding carboxylic acids is 1. The molecule has 1 N–H and O–H groups in total. The third-order valence-corrected chi connectivity index (χ3v) is 3.62. The van der Waals surface area contributed by atoms with Crippen molar-refractivity contribution in [3.05, 3.63) is 12.2 Å². The molecule has 4 unspecified atom stereocenters. The monoisotopic (exact) mass is 238 g/mol. The SMILES string of the molecule is CC(C)(C)OC(=O)CC(O)C1CC2C=CC1C2. The highest BCUT2D eigenvalue weighted by atomic mass is 16.6. The molecular weight excluding hydrogens is 216 g/mol. The van der Waals surface area contributed by atoms with Gasteiger partial charge in [0.25, 0.3) is 0 Å². The van der Waals surface area contributed by atoms with Crippen LogP contribution >= 0.6 is 0 Å². The van der Waals surface area contributed by atoms with Gasteiger partial charge in [-0.1, -0.05) is 12.2 Å². The topological polar surface area (TPSA) is 46.5 Å². The molecule has 0 spiro atoms. The molecule has 1 saturated carbocycles. The van der Waals surface area contributed by atoms with Crippen molar-refractivity contribution in [2.75, 3.05) is 0 Å². The summed E-state index contributed by atoms with van der Waals surface area (Å²) in [6, 6.07) is 0. The fourth-order valence-corrected chi connectivity index (χ4v) is 2.97. The van der Waals surface area contributed by atoms with E-state index in [9.17, 15) is 9.90 Å². The minimum absolute atomic E-state index is 0.124. The molecule has 3 heteroatoms. The summed E-state index contributed by atoms with van der Waals surface area (Å²) < 4.78 is 5.23. The maximum atomic E-state index is 11.6. The first-order chi connectivity index (χ1) is 7.85. The van der Waals surface area contributed by atoms with E-state index in [1.54, 1.807) is 0 Å². The molecule has 1 fully saturated rings. The van der Waals surface area contributed by atoms with Gasteiger partial charge in [-0.05, 0) is 51.4 Å². The predicted octanol–water partition coefficient (Wildman–Crippen LogP) is 2.29. The second-order valence-electron chi connectivity index (χ2n) is 6.30. The number of aliphatic hydroxyl groups excluding tert-OH is 1. The number of aliphatic hydroxyl groups is 1. The number of fused-ring (bicyclic) bond motifs is 2. The molecule has 2 rings (SSSR count). The highest BCUT2D eigenvalue weighted by Crippen LogP contribution is 2.45. The molecule has 0 aromatic carbocycles. The minimum Gasteiger partial charge on any atom is -0.460 e. The van der Waals surface area contributed by atoms with Crippen LogP contribution in [0.3, 0.4) is 0 Å². The Morgan fingerprint density at radius 1 is 1.41 bits per heavy atom. The lowest BCUT2D eigenvalue weighted by atomic mass is 9.87. The van der Waals surface area contributed by atoms with Gasteiger partial charge < -0.3 is 9.84 Å². The minimum atomic E-state index is -0.551. The summed E-state index contributed by atoms with van der Waals surface area (Å²) in [6.07, 6.45) is 6.17. The van der Waals surface area contributed by atoms with E-state index < -0.39 is 11.7 Å². The summed E-state index contributed by atoms with van der Waals surface area (Å²) in [7, 11) is 0. The largest absolute Gasteiger partial charge is 0.460 e. The van der Waals surface area contributed by atoms with Crippen molar-refractivity contribution in [1.29, 1.82) is 0 Å². The number of allylic oxidation sites excluding steroid dienone is 2. The maximum Gasteiger partial charge on any atom is 0.308 e. The Morgan fingerprint density at radius 2 is 2.12 bits per heavy atom. The standard InChI is InChI=1S/C14H22O3/c1-14(2,3)17-13(16)8-12(15)11-7-9-4-5-10(11)6-9/h4-5,9-12,15H,6-8H2,1-3H3. The van der Waals surface area contributed by atoms with E-state index in [-0.39, 0.29) is 18.3 Å². The Bertz CT molecular complexity index is 327. The van der Waals surface area contributed by atoms with Crippen LogP contribution in [0.5, 0.6) is 0 Å². The molecule has 0 heterocycles. The van der Waals surface area contributed by atoms with E-state index in [4.69, 9.17) is 4.74 Å². The summed E-state index contributed by atoms with van der Waals surface area (Å²) >= 11 is 0. The lowest BCUT2D eigenvalue weighted by Gasteiger charge is -2.25. The molecule has 0 aliphatic heterocycles. The second kappa shape index (κ2) is 4.45. The zero-order chi connectivity index (χ0) is 12.6. The van der Waals surface area contributed by atoms with Gasteiger partial charge in [0.15, 0.2) is 0 Å². The zero-order valence-corrected chi connectivity index (χ0v) is 10.8. The molecule has 0 radical (unpaired) electrons. The first-order valence-corrected chi connectivity index (χ1v) is 6.43. The van der Waals surface area contributed by atoms with Crippen molar-refractivity contribution >= 4 is 5.97 Å². The van der Waals surface area contributed by atoms with Crippen LogP contribution in [0.4, 0.5) is 0 Å². The summed E-state index contributed by atoms with van der Waals surface area (Å²) in [5.41, 5.74) is -0.467. The molecule has 2 bridgehead atoms. The Kier molecular flexibility index (Phi) is 3.30. The molecule has 0 amide bonds. The fraction of sp³-hybridized carbons (Fsp3) is 0.786. The van der Waals surface area contributed by atoms with Gasteiger partial charge in [-0.3, -0.25) is 4.79 Å². The van der Waals surface area contributed by atoms with Crippen LogP contribution < -0.4 is 0 Å². The summed E-state index contributed by atoms with van der Waals surface area (Å²) in [5.74, 6) is 1.05. The normalized spacial score (nSPS) is 32.8. The molecule has 3 nitrogen and oxygen atoms in total. The molecule has 2 aliphatic rings. The average molecular weight is 238 g/mol. The van der Waals surface area contributed by atoms with Crippen LogP contribution in [0.1, 0.15) is 40.0 Å². The van der Waals surface area contributed by atoms with Gasteiger partial charge in [0, 0.05) is 0 Å². The van der Waals surface area contributed by atoms with Crippen molar-refractivity contribution < 1.29 is 14.6 Å². The van der Waals surface area contributed by atoms with Gasteiger partial charge in [-0.15, -0.1) is 0 Å². The summed E-state index contributed by atoms with van der Waals surface area (Å²) in [6.45, 7) is 5.53. The van der Waals surface area contributed by atoms with Crippen LogP contribution in [-0.4, -0.2) is 22.8 Å². The van der Waals surface area contributed by atoms with Crippen LogP contribution in [0.15, 0.2) is 12.2 Å². The zero-order valence-electron chi connectivity index (χ0n) is 10.8. The molecule has 17 heavy (non-hydrogen) atoms. The number of carbonyl (C=O) groups is 1. The summed E-state index contributed by atoms with van der Waals surface area (Å²) in [5, 5.41) is 10.1. The maximum absolute atomic E-state index is 11.6. The van der Waals surface area contributed by atoms with Crippen molar-refractivity contribution in [2.45, 2.75) is 51.7 Å². The summed E-state index contributed by atoms with van der Waals surface area (Å²) in [4.78, 5) is 11.6. The predicted molar refractivity (Wildman–Crippen MR) is 65.3 cm³/mol. The molecule has 4 atom stereocenters. The fourth-order valence-electron chi connectivity index (χ4n) is 2.97. The molecule has 2 aliphatic carbocycles. The number of rotatable bonds is 3. The van der Waals surface area contributed by atoms with E-state index in [0.717, 1.165) is 12.8 Å². The smallest absolute Gasteiger partial charge is 0.308 e. The molecule has 0 saturated heterocycles. The third-order valence-electron chi connectivity index (χ3n) is 3.62. The van der Waals surface area contributed by atoms with E-state index in [1.165, 1.54) is 0 Å². The Hall–Kier alpha value is -0.830. The Balaban J connectivity index is 1.83. The quantitative estimate of drug-likeness (QED) is 0.606. The van der Waals surface area contributed by atoms with Gasteiger partial charge in [0.2, 0.25) is 0 Å². The molecule has 0 aromatic heterocycles. The van der Waals surface area contributed by atoms with Gasteiger partial charge in [-0.2, -0.15) is 0 Å². The van der Waals surface area contributed by atoms with Crippen molar-refractivity contribution in [1.82, 2.24) is 0 Å². The molecule has 0 aromatic rings. The highest BCUT2D eigenvalue weighted by Gasteiger charge is 2.40. The van der Waals surface area contributed by atoms with Crippen molar-refractivity contribution in [3.63, 3.8) is 0 Å². The van der Waals surface area contributed by atoms with Gasteiger partial charge in [-0.25, -0.2) is 0 Å². The van der Waals surface area contributed by atoms with Crippen LogP contribution in [0, 0.1) is 17.8 Å². The van der Waals surface area contributed by atoms with Crippen molar-refractivity contribution in [3.8, 4) is 0 Å². The number of hydrogen-bond donors (Lipinski definition) is 1. The Labute approximate surface area is 103 Å². The van der Waals surface area contributed by atoms with E-state index >= 15 is 0 Å². The van der Waals surface area contributed by atoms with Crippen molar-refractivity contribution in [2.24, 2.45) is 17.8 Å². The number of ether oxygens (including phenoxy) is 1. The van der Waals surface area contributed by atoms with Gasteiger partial charge >= 0.3 is 5.97 Å². The van der Waals surface area contributed by atoms with Gasteiger partial charge in [0.1, 0.15) is 5.60 Å². The highest BCUT2D eigenvalue weighted by molar-refractivity contribution is 5.70. The number of esters is 1. The van der Waals surface area contributed by atoms with E-state index in [0.29, 0.717) is 11.8 Å². The molecular formula is C14H22O3. The third kappa shape index (κ3) is 3.09. The lowest BCUT2D eigenvalue weighted by Crippen LogP contribution is -2.31. The first kappa shape index (κ1) is 12.6.